The lowest BCUT2D eigenvalue weighted by atomic mass is 10.0. The molecule has 1 heterocycles. The van der Waals surface area contributed by atoms with Gasteiger partial charge in [0.1, 0.15) is 17.8 Å². The van der Waals surface area contributed by atoms with Crippen molar-refractivity contribution in [3.8, 4) is 0 Å². The van der Waals surface area contributed by atoms with Gasteiger partial charge in [0.25, 0.3) is 0 Å². The van der Waals surface area contributed by atoms with Crippen LogP contribution in [0.2, 0.25) is 0 Å². The lowest BCUT2D eigenvalue weighted by Crippen LogP contribution is -2.19. The number of para-hydroxylation sites is 1. The van der Waals surface area contributed by atoms with Gasteiger partial charge in [0, 0.05) is 5.56 Å². The first-order valence-corrected chi connectivity index (χ1v) is 6.43. The van der Waals surface area contributed by atoms with Crippen molar-refractivity contribution < 1.29 is 13.6 Å². The Balaban J connectivity index is 2.29. The second-order valence-corrected chi connectivity index (χ2v) is 4.55. The van der Waals surface area contributed by atoms with Crippen LogP contribution >= 0.6 is 0 Å². The molecule has 21 heavy (non-hydrogen) atoms. The van der Waals surface area contributed by atoms with E-state index < -0.39 is 17.9 Å². The Labute approximate surface area is 119 Å². The number of carbonyl (C=O) groups is 1. The lowest BCUT2D eigenvalue weighted by molar-refractivity contribution is 0.103. The molecule has 1 aromatic heterocycles. The van der Waals surface area contributed by atoms with Gasteiger partial charge in [-0.1, -0.05) is 42.5 Å². The Morgan fingerprint density at radius 2 is 1.67 bits per heavy atom. The number of hydrogen-bond donors (Lipinski definition) is 0. The molecule has 3 aromatic rings. The Morgan fingerprint density at radius 3 is 2.38 bits per heavy atom. The van der Waals surface area contributed by atoms with Gasteiger partial charge in [0.05, 0.1) is 5.39 Å². The molecule has 104 valence electrons. The molecule has 0 spiro atoms. The molecule has 0 unspecified atom stereocenters. The number of hydrogen-bond acceptors (Lipinski definition) is 3. The molecule has 2 aromatic carbocycles. The number of carbonyl (C=O) groups excluding carboxylic acids is 1. The van der Waals surface area contributed by atoms with Crippen LogP contribution in [0.5, 0.6) is 0 Å². The van der Waals surface area contributed by atoms with Crippen molar-refractivity contribution in [1.29, 1.82) is 0 Å². The molecule has 0 aliphatic rings. The summed E-state index contributed by atoms with van der Waals surface area (Å²) in [6, 6.07) is 14.8. The van der Waals surface area contributed by atoms with Crippen LogP contribution in [0, 0.1) is 0 Å². The van der Waals surface area contributed by atoms with E-state index in [-0.39, 0.29) is 22.3 Å². The first kappa shape index (κ1) is 13.2. The second-order valence-electron chi connectivity index (χ2n) is 4.55. The summed E-state index contributed by atoms with van der Waals surface area (Å²) in [6.45, 7) is -1.01. The van der Waals surface area contributed by atoms with Crippen molar-refractivity contribution in [2.75, 3.05) is 0 Å². The summed E-state index contributed by atoms with van der Waals surface area (Å²) in [7, 11) is 0. The fourth-order valence-corrected chi connectivity index (χ4v) is 2.25. The van der Waals surface area contributed by atoms with E-state index in [2.05, 4.69) is 0 Å². The zero-order valence-electron chi connectivity index (χ0n) is 11.0. The molecule has 0 N–H and O–H groups in total. The van der Waals surface area contributed by atoms with Crippen LogP contribution < -0.4 is 5.43 Å². The van der Waals surface area contributed by atoms with E-state index in [0.29, 0.717) is 5.56 Å². The Morgan fingerprint density at radius 1 is 1.00 bits per heavy atom. The SMILES string of the molecule is O=C(c1ccccc1)c1c(CF)oc2ccccc2c1=O. The standard InChI is InChI=1S/C17H11FO3/c18-10-14-15(16(19)11-6-2-1-3-7-11)17(20)12-8-4-5-9-13(12)21-14/h1-9H,10H2. The van der Waals surface area contributed by atoms with E-state index in [1.54, 1.807) is 54.6 Å². The molecule has 0 saturated heterocycles. The maximum absolute atomic E-state index is 13.2. The van der Waals surface area contributed by atoms with Gasteiger partial charge < -0.3 is 4.42 Å². The van der Waals surface area contributed by atoms with Gasteiger partial charge in [0.2, 0.25) is 11.2 Å². The number of rotatable bonds is 3. The van der Waals surface area contributed by atoms with E-state index in [9.17, 15) is 14.0 Å². The highest BCUT2D eigenvalue weighted by Crippen LogP contribution is 2.19. The monoisotopic (exact) mass is 282 g/mol. The highest BCUT2D eigenvalue weighted by atomic mass is 19.1. The predicted octanol–water partition coefficient (Wildman–Crippen LogP) is 3.49. The molecule has 0 fully saturated rings. The zero-order chi connectivity index (χ0) is 14.8. The summed E-state index contributed by atoms with van der Waals surface area (Å²) < 4.78 is 18.6. The average molecular weight is 282 g/mol. The van der Waals surface area contributed by atoms with E-state index in [1.165, 1.54) is 0 Å². The normalized spacial score (nSPS) is 10.7. The minimum absolute atomic E-state index is 0.229. The van der Waals surface area contributed by atoms with Crippen molar-refractivity contribution >= 4 is 16.8 Å². The third-order valence-corrected chi connectivity index (χ3v) is 3.26. The van der Waals surface area contributed by atoms with E-state index in [4.69, 9.17) is 4.42 Å². The van der Waals surface area contributed by atoms with Crippen LogP contribution in [0.1, 0.15) is 21.7 Å². The highest BCUT2D eigenvalue weighted by Gasteiger charge is 2.21. The number of fused-ring (bicyclic) bond motifs is 1. The summed E-state index contributed by atoms with van der Waals surface area (Å²) >= 11 is 0. The summed E-state index contributed by atoms with van der Waals surface area (Å²) in [4.78, 5) is 24.9. The van der Waals surface area contributed by atoms with Gasteiger partial charge in [0.15, 0.2) is 5.76 Å². The molecular formula is C17H11FO3. The molecule has 3 rings (SSSR count). The Hall–Kier alpha value is -2.75. The molecule has 3 nitrogen and oxygen atoms in total. The molecule has 0 aliphatic carbocycles. The lowest BCUT2D eigenvalue weighted by Gasteiger charge is -2.06. The molecule has 0 amide bonds. The molecule has 4 heteroatoms. The first-order valence-electron chi connectivity index (χ1n) is 6.43. The molecular weight excluding hydrogens is 271 g/mol. The second kappa shape index (κ2) is 5.32. The fraction of sp³-hybridized carbons (Fsp3) is 0.0588. The van der Waals surface area contributed by atoms with Crippen molar-refractivity contribution in [2.24, 2.45) is 0 Å². The van der Waals surface area contributed by atoms with E-state index in [0.717, 1.165) is 0 Å². The summed E-state index contributed by atoms with van der Waals surface area (Å²) in [5.41, 5.74) is -0.129. The number of ketones is 1. The van der Waals surface area contributed by atoms with Gasteiger partial charge in [-0.3, -0.25) is 9.59 Å². The summed E-state index contributed by atoms with van der Waals surface area (Å²) in [5.74, 6) is -0.754. The fourth-order valence-electron chi connectivity index (χ4n) is 2.25. The van der Waals surface area contributed by atoms with Crippen LogP contribution in [0.4, 0.5) is 4.39 Å². The van der Waals surface area contributed by atoms with Gasteiger partial charge in [-0.15, -0.1) is 0 Å². The topological polar surface area (TPSA) is 47.3 Å². The largest absolute Gasteiger partial charge is 0.457 e. The van der Waals surface area contributed by atoms with Crippen molar-refractivity contribution in [3.63, 3.8) is 0 Å². The number of alkyl halides is 1. The molecule has 0 aliphatic heterocycles. The average Bonchev–Trinajstić information content (AvgIpc) is 2.55. The molecule has 0 bridgehead atoms. The highest BCUT2D eigenvalue weighted by molar-refractivity contribution is 6.10. The van der Waals surface area contributed by atoms with Crippen LogP contribution in [0.25, 0.3) is 11.0 Å². The van der Waals surface area contributed by atoms with Gasteiger partial charge in [-0.2, -0.15) is 0 Å². The van der Waals surface area contributed by atoms with Crippen LogP contribution in [-0.4, -0.2) is 5.78 Å². The maximum Gasteiger partial charge on any atom is 0.204 e. The van der Waals surface area contributed by atoms with Crippen LogP contribution in [-0.2, 0) is 6.67 Å². The van der Waals surface area contributed by atoms with Crippen LogP contribution in [0.15, 0.2) is 63.8 Å². The molecule has 0 saturated carbocycles. The van der Waals surface area contributed by atoms with Gasteiger partial charge >= 0.3 is 0 Å². The minimum Gasteiger partial charge on any atom is -0.457 e. The van der Waals surface area contributed by atoms with Crippen molar-refractivity contribution in [3.05, 3.63) is 81.7 Å². The third-order valence-electron chi connectivity index (χ3n) is 3.26. The number of benzene rings is 2. The first-order chi connectivity index (χ1) is 10.2. The summed E-state index contributed by atoms with van der Waals surface area (Å²) in [6.07, 6.45) is 0. The molecule has 0 radical (unpaired) electrons. The Bertz CT molecular complexity index is 866. The van der Waals surface area contributed by atoms with Gasteiger partial charge in [-0.25, -0.2) is 4.39 Å². The predicted molar refractivity (Wildman–Crippen MR) is 77.2 cm³/mol. The minimum atomic E-state index is -1.01. The summed E-state index contributed by atoms with van der Waals surface area (Å²) in [5, 5.41) is 0.272. The Kier molecular flexibility index (Phi) is 3.36. The smallest absolute Gasteiger partial charge is 0.204 e. The van der Waals surface area contributed by atoms with Gasteiger partial charge in [-0.05, 0) is 12.1 Å². The quantitative estimate of drug-likeness (QED) is 0.691. The zero-order valence-corrected chi connectivity index (χ0v) is 11.0. The van der Waals surface area contributed by atoms with Crippen LogP contribution in [0.3, 0.4) is 0 Å². The maximum atomic E-state index is 13.2. The van der Waals surface area contributed by atoms with Crippen molar-refractivity contribution in [2.45, 2.75) is 6.67 Å². The van der Waals surface area contributed by atoms with Crippen molar-refractivity contribution in [1.82, 2.24) is 0 Å². The number of halogens is 1. The van der Waals surface area contributed by atoms with E-state index in [1.807, 2.05) is 0 Å². The molecule has 0 atom stereocenters. The third kappa shape index (κ3) is 2.25. The van der Waals surface area contributed by atoms with E-state index >= 15 is 0 Å².